The van der Waals surface area contributed by atoms with Crippen LogP contribution < -0.4 is 10.2 Å². The summed E-state index contributed by atoms with van der Waals surface area (Å²) in [4.78, 5) is 9.63. The molecule has 1 aliphatic rings. The van der Waals surface area contributed by atoms with Crippen molar-refractivity contribution in [2.24, 2.45) is 0 Å². The molecule has 1 unspecified atom stereocenters. The van der Waals surface area contributed by atoms with E-state index in [2.05, 4.69) is 15.1 Å². The number of hydrogen-bond acceptors (Lipinski definition) is 8. The summed E-state index contributed by atoms with van der Waals surface area (Å²) in [5, 5.41) is 51.5. The van der Waals surface area contributed by atoms with Crippen LogP contribution in [0, 0.1) is 32.7 Å². The van der Waals surface area contributed by atoms with E-state index >= 15 is 0 Å². The Bertz CT molecular complexity index is 883. The molecule has 1 atom stereocenters. The lowest BCUT2D eigenvalue weighted by atomic mass is 9.98. The fourth-order valence-corrected chi connectivity index (χ4v) is 2.45. The van der Waals surface area contributed by atoms with E-state index in [1.807, 2.05) is 13.0 Å². The van der Waals surface area contributed by atoms with Crippen molar-refractivity contribution >= 4 is 11.4 Å². The summed E-state index contributed by atoms with van der Waals surface area (Å²) in [7, 11) is 0. The standard InChI is InChI=1S/C13H10N5O6/c1-7-3-2-4-8(5-7)14-11-9(16(19)20)6-10(17(21)22)12-13(11)18(23)24-15-12/h2-6,11,14H,1H3/q-1. The molecule has 1 aromatic carbocycles. The second-order valence-electron chi connectivity index (χ2n) is 5.08. The minimum Gasteiger partial charge on any atom is -0.612 e. The highest BCUT2D eigenvalue weighted by Gasteiger charge is 2.46. The van der Waals surface area contributed by atoms with Crippen LogP contribution in [0.15, 0.2) is 40.7 Å². The van der Waals surface area contributed by atoms with Crippen molar-refractivity contribution in [1.82, 2.24) is 5.16 Å². The number of aryl methyl sites for hydroxylation is 1. The normalized spacial score (nSPS) is 16.3. The first-order valence-electron chi connectivity index (χ1n) is 6.69. The van der Waals surface area contributed by atoms with Crippen LogP contribution in [0.1, 0.15) is 23.0 Å². The molecule has 24 heavy (non-hydrogen) atoms. The highest BCUT2D eigenvalue weighted by molar-refractivity contribution is 6.06. The molecule has 0 radical (unpaired) electrons. The first-order chi connectivity index (χ1) is 11.4. The van der Waals surface area contributed by atoms with Crippen LogP contribution in [0.3, 0.4) is 0 Å². The minimum absolute atomic E-state index is 0.0667. The second kappa shape index (κ2) is 5.53. The number of rotatable bonds is 3. The molecule has 124 valence electrons. The average molecular weight is 332 g/mol. The summed E-state index contributed by atoms with van der Waals surface area (Å²) >= 11 is 0. The van der Waals surface area contributed by atoms with Crippen LogP contribution in [0.4, 0.5) is 5.69 Å². The predicted molar refractivity (Wildman–Crippen MR) is 79.2 cm³/mol. The van der Waals surface area contributed by atoms with Crippen LogP contribution >= 0.6 is 0 Å². The Labute approximate surface area is 134 Å². The molecule has 1 N–H and O–H groups in total. The Balaban J connectivity index is 2.15. The molecule has 0 amide bonds. The number of nitrogens with zero attached hydrogens (tertiary/aromatic N) is 4. The molecule has 0 spiro atoms. The number of nitro groups is 1. The molecule has 11 nitrogen and oxygen atoms in total. The Hall–Kier alpha value is -3.63. The van der Waals surface area contributed by atoms with Crippen LogP contribution in [-0.4, -0.2) is 20.7 Å². The maximum Gasteiger partial charge on any atom is 0.320 e. The molecule has 1 aromatic heterocycles. The number of anilines is 1. The summed E-state index contributed by atoms with van der Waals surface area (Å²) in [6.45, 7) is 1.83. The molecule has 3 rings (SSSR count). The van der Waals surface area contributed by atoms with Gasteiger partial charge in [0.15, 0.2) is 6.04 Å². The highest BCUT2D eigenvalue weighted by Crippen LogP contribution is 2.31. The van der Waals surface area contributed by atoms with E-state index < -0.39 is 27.3 Å². The van der Waals surface area contributed by atoms with Gasteiger partial charge in [-0.3, -0.25) is 14.7 Å². The summed E-state index contributed by atoms with van der Waals surface area (Å²) in [5.41, 5.74) is -0.506. The van der Waals surface area contributed by atoms with Gasteiger partial charge in [-0.25, -0.2) is 0 Å². The lowest BCUT2D eigenvalue weighted by Crippen LogP contribution is -2.38. The van der Waals surface area contributed by atoms with E-state index in [4.69, 9.17) is 0 Å². The zero-order valence-electron chi connectivity index (χ0n) is 12.2. The fraction of sp³-hybridized carbons (Fsp3) is 0.154. The SMILES string of the molecule is Cc1cccc(NC2C([N+](=O)[O-])=CC(=[N+]([O-])[O-])c3no[n+]([O-])c32)c1. The zero-order chi connectivity index (χ0) is 17.4. The van der Waals surface area contributed by atoms with Gasteiger partial charge in [0.05, 0.1) is 16.2 Å². The molecule has 1 aliphatic carbocycles. The molecule has 0 saturated heterocycles. The second-order valence-corrected chi connectivity index (χ2v) is 5.08. The third-order valence-electron chi connectivity index (χ3n) is 3.48. The minimum atomic E-state index is -1.25. The van der Waals surface area contributed by atoms with Gasteiger partial charge in [-0.1, -0.05) is 12.1 Å². The van der Waals surface area contributed by atoms with E-state index in [9.17, 15) is 25.7 Å². The van der Waals surface area contributed by atoms with Crippen LogP contribution in [-0.2, 0) is 0 Å². The van der Waals surface area contributed by atoms with E-state index in [1.54, 1.807) is 18.2 Å². The molecule has 2 aromatic rings. The first kappa shape index (κ1) is 15.3. The van der Waals surface area contributed by atoms with E-state index in [0.29, 0.717) is 5.69 Å². The largest absolute Gasteiger partial charge is 0.612 e. The Morgan fingerprint density at radius 1 is 1.33 bits per heavy atom. The van der Waals surface area contributed by atoms with Crippen molar-refractivity contribution in [3.8, 4) is 0 Å². The zero-order valence-corrected chi connectivity index (χ0v) is 12.2. The van der Waals surface area contributed by atoms with E-state index in [0.717, 1.165) is 11.6 Å². The Kier molecular flexibility index (Phi) is 3.52. The Morgan fingerprint density at radius 2 is 2.08 bits per heavy atom. The monoisotopic (exact) mass is 332 g/mol. The molecular formula is C13H10N5O6-. The summed E-state index contributed by atoms with van der Waals surface area (Å²) in [5.74, 6) is 0. The van der Waals surface area contributed by atoms with Gasteiger partial charge in [-0.2, -0.15) is 4.90 Å². The molecule has 0 bridgehead atoms. The van der Waals surface area contributed by atoms with Crippen molar-refractivity contribution in [1.29, 1.82) is 0 Å². The topological polar surface area (TPSA) is 157 Å². The van der Waals surface area contributed by atoms with Crippen molar-refractivity contribution in [2.75, 3.05) is 5.32 Å². The van der Waals surface area contributed by atoms with Gasteiger partial charge in [0.2, 0.25) is 5.69 Å². The van der Waals surface area contributed by atoms with Gasteiger partial charge in [0.1, 0.15) is 0 Å². The molecule has 1 heterocycles. The van der Waals surface area contributed by atoms with Crippen molar-refractivity contribution in [2.45, 2.75) is 13.0 Å². The van der Waals surface area contributed by atoms with E-state index in [-0.39, 0.29) is 16.3 Å². The van der Waals surface area contributed by atoms with Gasteiger partial charge in [0.25, 0.3) is 11.4 Å². The van der Waals surface area contributed by atoms with Crippen molar-refractivity contribution in [3.05, 3.63) is 78.7 Å². The summed E-state index contributed by atoms with van der Waals surface area (Å²) < 4.78 is 4.41. The quantitative estimate of drug-likeness (QED) is 0.489. The number of hydrogen-bond donors (Lipinski definition) is 1. The highest BCUT2D eigenvalue weighted by atomic mass is 16.8. The number of allylic oxidation sites excluding steroid dienone is 1. The van der Waals surface area contributed by atoms with Crippen molar-refractivity contribution in [3.63, 3.8) is 0 Å². The molecule has 0 fully saturated rings. The summed E-state index contributed by atoms with van der Waals surface area (Å²) in [6.07, 6.45) is 0.776. The average Bonchev–Trinajstić information content (AvgIpc) is 2.89. The molecule has 11 heteroatoms. The van der Waals surface area contributed by atoms with Crippen LogP contribution in [0.2, 0.25) is 0 Å². The third-order valence-corrected chi connectivity index (χ3v) is 3.48. The molecule has 0 saturated carbocycles. The van der Waals surface area contributed by atoms with Gasteiger partial charge in [0, 0.05) is 5.69 Å². The van der Waals surface area contributed by atoms with Gasteiger partial charge in [-0.15, -0.1) is 0 Å². The molecular weight excluding hydrogens is 322 g/mol. The smallest absolute Gasteiger partial charge is 0.320 e. The third kappa shape index (κ3) is 2.47. The number of nitrogens with one attached hydrogen (secondary N) is 1. The van der Waals surface area contributed by atoms with Gasteiger partial charge < -0.3 is 20.9 Å². The first-order valence-corrected chi connectivity index (χ1v) is 6.69. The maximum atomic E-state index is 11.8. The van der Waals surface area contributed by atoms with Gasteiger partial charge >= 0.3 is 5.69 Å². The number of aromatic nitrogens is 2. The van der Waals surface area contributed by atoms with Crippen molar-refractivity contribution < 1.29 is 19.4 Å². The number of fused-ring (bicyclic) bond motifs is 1. The predicted octanol–water partition coefficient (Wildman–Crippen LogP) is 0.741. The lowest BCUT2D eigenvalue weighted by molar-refractivity contribution is -0.808. The Morgan fingerprint density at radius 3 is 2.71 bits per heavy atom. The summed E-state index contributed by atoms with van der Waals surface area (Å²) in [6, 6.07) is 5.67. The van der Waals surface area contributed by atoms with E-state index in [1.165, 1.54) is 0 Å². The molecule has 0 aliphatic heterocycles. The number of benzene rings is 1. The lowest BCUT2D eigenvalue weighted by Gasteiger charge is -2.18. The van der Waals surface area contributed by atoms with Crippen LogP contribution in [0.5, 0.6) is 0 Å². The van der Waals surface area contributed by atoms with Gasteiger partial charge in [-0.05, 0) is 29.5 Å². The maximum absolute atomic E-state index is 11.8. The van der Waals surface area contributed by atoms with Crippen LogP contribution in [0.25, 0.3) is 0 Å². The fourth-order valence-electron chi connectivity index (χ4n) is 2.45.